The topological polar surface area (TPSA) is 38.1 Å². The zero-order valence-corrected chi connectivity index (χ0v) is 10.1. The largest absolute Gasteiger partial charge is 0.329 e. The minimum absolute atomic E-state index is 0.113. The summed E-state index contributed by atoms with van der Waals surface area (Å²) >= 11 is 5.80. The van der Waals surface area contributed by atoms with E-state index in [1.54, 1.807) is 24.3 Å². The molecule has 1 aromatic carbocycles. The van der Waals surface area contributed by atoms with Crippen molar-refractivity contribution in [2.75, 3.05) is 7.05 Å². The second kappa shape index (κ2) is 5.01. The van der Waals surface area contributed by atoms with Crippen LogP contribution < -0.4 is 0 Å². The van der Waals surface area contributed by atoms with Gasteiger partial charge in [0, 0.05) is 31.0 Å². The third-order valence-corrected chi connectivity index (χ3v) is 2.64. The Kier molecular flexibility index (Phi) is 3.44. The molecule has 0 saturated carbocycles. The van der Waals surface area contributed by atoms with E-state index in [4.69, 9.17) is 11.6 Å². The fraction of sp³-hybridized carbons (Fsp3) is 0.167. The molecule has 0 N–H and O–H groups in total. The Hall–Kier alpha value is -1.81. The molecule has 0 aliphatic carbocycles. The van der Waals surface area contributed by atoms with Crippen molar-refractivity contribution in [3.63, 3.8) is 0 Å². The summed E-state index contributed by atoms with van der Waals surface area (Å²) in [4.78, 5) is 17.4. The molecule has 2 aromatic rings. The number of rotatable bonds is 2. The summed E-state index contributed by atoms with van der Waals surface area (Å²) in [5, 5.41) is 0.692. The van der Waals surface area contributed by atoms with Crippen molar-refractivity contribution in [1.82, 2.24) is 14.5 Å². The number of halogens is 1. The van der Waals surface area contributed by atoms with Crippen molar-refractivity contribution in [3.05, 3.63) is 53.6 Å². The number of aromatic nitrogens is 2. The maximum absolute atomic E-state index is 11.9. The number of carbonyl (C=O) groups is 1. The highest BCUT2D eigenvalue weighted by molar-refractivity contribution is 6.30. The molecule has 0 radical (unpaired) electrons. The summed E-state index contributed by atoms with van der Waals surface area (Å²) in [7, 11) is 1.75. The van der Waals surface area contributed by atoms with Crippen molar-refractivity contribution in [2.24, 2.45) is 0 Å². The minimum Gasteiger partial charge on any atom is -0.323 e. The molecule has 88 valence electrons. The number of carbonyl (C=O) groups excluding carboxylic acids is 1. The van der Waals surface area contributed by atoms with Gasteiger partial charge in [0.05, 0.1) is 0 Å². The number of amides is 1. The Balaban J connectivity index is 2.04. The van der Waals surface area contributed by atoms with E-state index in [1.165, 1.54) is 10.9 Å². The lowest BCUT2D eigenvalue weighted by molar-refractivity contribution is 0.208. The SMILES string of the molecule is CN(Cc1ccc(Cl)cc1)C(=O)n1ccnc1. The summed E-state index contributed by atoms with van der Waals surface area (Å²) in [6, 6.07) is 7.32. The average molecular weight is 250 g/mol. The average Bonchev–Trinajstić information content (AvgIpc) is 2.84. The van der Waals surface area contributed by atoms with E-state index in [2.05, 4.69) is 4.98 Å². The van der Waals surface area contributed by atoms with E-state index in [-0.39, 0.29) is 6.03 Å². The second-order valence-corrected chi connectivity index (χ2v) is 4.17. The van der Waals surface area contributed by atoms with Gasteiger partial charge in [-0.2, -0.15) is 0 Å². The van der Waals surface area contributed by atoms with Crippen molar-refractivity contribution in [1.29, 1.82) is 0 Å². The van der Waals surface area contributed by atoms with Crippen LogP contribution in [0, 0.1) is 0 Å². The summed E-state index contributed by atoms with van der Waals surface area (Å²) in [5.41, 5.74) is 1.03. The molecule has 1 aromatic heterocycles. The van der Waals surface area contributed by atoms with Crippen LogP contribution in [0.25, 0.3) is 0 Å². The van der Waals surface area contributed by atoms with Gasteiger partial charge >= 0.3 is 6.03 Å². The molecule has 17 heavy (non-hydrogen) atoms. The van der Waals surface area contributed by atoms with Crippen molar-refractivity contribution < 1.29 is 4.79 Å². The first-order chi connectivity index (χ1) is 8.16. The molecule has 0 fully saturated rings. The molecule has 1 heterocycles. The summed E-state index contributed by atoms with van der Waals surface area (Å²) < 4.78 is 1.44. The lowest BCUT2D eigenvalue weighted by Crippen LogP contribution is -2.29. The van der Waals surface area contributed by atoms with Crippen LogP contribution in [0.5, 0.6) is 0 Å². The lowest BCUT2D eigenvalue weighted by Gasteiger charge is -2.17. The van der Waals surface area contributed by atoms with Crippen LogP contribution >= 0.6 is 11.6 Å². The normalized spacial score (nSPS) is 10.2. The van der Waals surface area contributed by atoms with Gasteiger partial charge in [-0.1, -0.05) is 23.7 Å². The molecule has 0 aliphatic rings. The van der Waals surface area contributed by atoms with E-state index < -0.39 is 0 Å². The number of benzene rings is 1. The summed E-state index contributed by atoms with van der Waals surface area (Å²) in [6.07, 6.45) is 4.69. The van der Waals surface area contributed by atoms with Crippen molar-refractivity contribution in [3.8, 4) is 0 Å². The number of hydrogen-bond acceptors (Lipinski definition) is 2. The first-order valence-corrected chi connectivity index (χ1v) is 5.52. The Labute approximate surface area is 104 Å². The molecule has 0 bridgehead atoms. The van der Waals surface area contributed by atoms with Crippen LogP contribution in [-0.4, -0.2) is 27.5 Å². The van der Waals surface area contributed by atoms with Gasteiger partial charge in [0.2, 0.25) is 0 Å². The second-order valence-electron chi connectivity index (χ2n) is 3.74. The molecule has 2 rings (SSSR count). The predicted molar refractivity (Wildman–Crippen MR) is 65.9 cm³/mol. The van der Waals surface area contributed by atoms with Crippen LogP contribution in [0.15, 0.2) is 43.0 Å². The molecule has 0 aliphatic heterocycles. The van der Waals surface area contributed by atoms with E-state index in [0.29, 0.717) is 11.6 Å². The van der Waals surface area contributed by atoms with E-state index in [9.17, 15) is 4.79 Å². The molecular weight excluding hydrogens is 238 g/mol. The number of nitrogens with zero attached hydrogens (tertiary/aromatic N) is 3. The Morgan fingerprint density at radius 2 is 2.12 bits per heavy atom. The molecule has 1 amide bonds. The molecule has 5 heteroatoms. The molecule has 0 spiro atoms. The first-order valence-electron chi connectivity index (χ1n) is 5.14. The Morgan fingerprint density at radius 3 is 2.71 bits per heavy atom. The van der Waals surface area contributed by atoms with Gasteiger partial charge in [0.25, 0.3) is 0 Å². The molecular formula is C12H12ClN3O. The third-order valence-electron chi connectivity index (χ3n) is 2.38. The van der Waals surface area contributed by atoms with Gasteiger partial charge in [-0.15, -0.1) is 0 Å². The molecule has 0 unspecified atom stereocenters. The molecule has 0 atom stereocenters. The summed E-state index contributed by atoms with van der Waals surface area (Å²) in [6.45, 7) is 0.536. The zero-order valence-electron chi connectivity index (χ0n) is 9.38. The highest BCUT2D eigenvalue weighted by Gasteiger charge is 2.10. The minimum atomic E-state index is -0.113. The Bertz CT molecular complexity index is 493. The van der Waals surface area contributed by atoms with E-state index in [0.717, 1.165) is 5.56 Å². The fourth-order valence-electron chi connectivity index (χ4n) is 1.50. The molecule has 0 saturated heterocycles. The fourth-order valence-corrected chi connectivity index (χ4v) is 1.63. The maximum Gasteiger partial charge on any atom is 0.329 e. The maximum atomic E-state index is 11.9. The lowest BCUT2D eigenvalue weighted by atomic mass is 10.2. The molecule has 4 nitrogen and oxygen atoms in total. The highest BCUT2D eigenvalue weighted by Crippen LogP contribution is 2.11. The predicted octanol–water partition coefficient (Wildman–Crippen LogP) is 2.64. The van der Waals surface area contributed by atoms with Crippen LogP contribution in [0.4, 0.5) is 4.79 Å². The smallest absolute Gasteiger partial charge is 0.323 e. The van der Waals surface area contributed by atoms with Gasteiger partial charge in [-0.25, -0.2) is 9.78 Å². The number of hydrogen-bond donors (Lipinski definition) is 0. The van der Waals surface area contributed by atoms with Crippen molar-refractivity contribution in [2.45, 2.75) is 6.54 Å². The van der Waals surface area contributed by atoms with E-state index in [1.807, 2.05) is 24.3 Å². The van der Waals surface area contributed by atoms with Gasteiger partial charge in [0.15, 0.2) is 0 Å². The number of imidazole rings is 1. The van der Waals surface area contributed by atoms with Crippen LogP contribution in [-0.2, 0) is 6.54 Å². The first kappa shape index (κ1) is 11.7. The highest BCUT2D eigenvalue weighted by atomic mass is 35.5. The quantitative estimate of drug-likeness (QED) is 0.821. The zero-order chi connectivity index (χ0) is 12.3. The van der Waals surface area contributed by atoms with Gasteiger partial charge < -0.3 is 4.90 Å². The van der Waals surface area contributed by atoms with E-state index >= 15 is 0 Å². The van der Waals surface area contributed by atoms with Crippen LogP contribution in [0.1, 0.15) is 5.56 Å². The summed E-state index contributed by atoms with van der Waals surface area (Å²) in [5.74, 6) is 0. The van der Waals surface area contributed by atoms with Gasteiger partial charge in [-0.05, 0) is 17.7 Å². The van der Waals surface area contributed by atoms with Crippen LogP contribution in [0.2, 0.25) is 5.02 Å². The van der Waals surface area contributed by atoms with Crippen molar-refractivity contribution >= 4 is 17.6 Å². The van der Waals surface area contributed by atoms with Gasteiger partial charge in [-0.3, -0.25) is 4.57 Å². The van der Waals surface area contributed by atoms with Crippen LogP contribution in [0.3, 0.4) is 0 Å². The monoisotopic (exact) mass is 249 g/mol. The Morgan fingerprint density at radius 1 is 1.41 bits per heavy atom. The standard InChI is InChI=1S/C12H12ClN3O/c1-15(12(17)16-7-6-14-9-16)8-10-2-4-11(13)5-3-10/h2-7,9H,8H2,1H3. The third kappa shape index (κ3) is 2.85. The van der Waals surface area contributed by atoms with Gasteiger partial charge in [0.1, 0.15) is 6.33 Å².